The molecule has 0 fully saturated rings. The second kappa shape index (κ2) is 6.88. The summed E-state index contributed by atoms with van der Waals surface area (Å²) in [6.45, 7) is 2.08. The van der Waals surface area contributed by atoms with Gasteiger partial charge in [-0.15, -0.1) is 0 Å². The Balaban J connectivity index is 3.86. The van der Waals surface area contributed by atoms with E-state index in [1.807, 2.05) is 0 Å². The zero-order valence-electron chi connectivity index (χ0n) is 8.02. The van der Waals surface area contributed by atoms with Gasteiger partial charge in [0.15, 0.2) is 0 Å². The first kappa shape index (κ1) is 13.5. The Morgan fingerprint density at radius 1 is 1.38 bits per heavy atom. The topological polar surface area (TPSA) is 57.5 Å². The molecule has 0 aliphatic heterocycles. The zero-order valence-corrected chi connectivity index (χ0v) is 9.81. The molecule has 0 rings (SSSR count). The molecular weight excluding hydrogens is 207 g/mol. The summed E-state index contributed by atoms with van der Waals surface area (Å²) in [6, 6.07) is 0. The maximum Gasteiger partial charge on any atom is 0.325 e. The van der Waals surface area contributed by atoms with Crippen LogP contribution in [0.5, 0.6) is 0 Å². The normalized spacial score (nSPS) is 14.5. The molecule has 0 amide bonds. The summed E-state index contributed by atoms with van der Waals surface area (Å²) in [5.74, 6) is 0.840. The second-order valence-corrected chi connectivity index (χ2v) is 5.51. The van der Waals surface area contributed by atoms with Crippen LogP contribution in [0.25, 0.3) is 0 Å². The van der Waals surface area contributed by atoms with E-state index < -0.39 is 7.60 Å². The highest BCUT2D eigenvalue weighted by molar-refractivity contribution is 7.80. The van der Waals surface area contributed by atoms with Crippen LogP contribution < -0.4 is 0 Å². The quantitative estimate of drug-likeness (QED) is 0.461. The van der Waals surface area contributed by atoms with Gasteiger partial charge in [0.1, 0.15) is 0 Å². The fourth-order valence-electron chi connectivity index (χ4n) is 1.34. The van der Waals surface area contributed by atoms with Crippen LogP contribution in [0.1, 0.15) is 32.6 Å². The van der Waals surface area contributed by atoms with Crippen LogP contribution >= 0.6 is 20.2 Å². The van der Waals surface area contributed by atoms with Gasteiger partial charge in [-0.25, -0.2) is 0 Å². The molecule has 13 heavy (non-hydrogen) atoms. The van der Waals surface area contributed by atoms with Gasteiger partial charge in [-0.1, -0.05) is 19.8 Å². The van der Waals surface area contributed by atoms with Gasteiger partial charge in [0.05, 0.1) is 6.16 Å². The van der Waals surface area contributed by atoms with Crippen LogP contribution in [0.3, 0.4) is 0 Å². The molecule has 0 heterocycles. The lowest BCUT2D eigenvalue weighted by molar-refractivity contribution is 0.354. The summed E-state index contributed by atoms with van der Waals surface area (Å²) in [4.78, 5) is 17.6. The summed E-state index contributed by atoms with van der Waals surface area (Å²) in [5, 5.41) is 0. The largest absolute Gasteiger partial charge is 0.325 e. The highest BCUT2D eigenvalue weighted by Gasteiger charge is 2.20. The maximum absolute atomic E-state index is 10.7. The van der Waals surface area contributed by atoms with E-state index in [4.69, 9.17) is 9.79 Å². The minimum atomic E-state index is -3.83. The summed E-state index contributed by atoms with van der Waals surface area (Å²) < 4.78 is 10.7. The van der Waals surface area contributed by atoms with Gasteiger partial charge in [0.25, 0.3) is 0 Å². The molecule has 80 valence electrons. The number of thiol groups is 1. The molecule has 0 spiro atoms. The van der Waals surface area contributed by atoms with Gasteiger partial charge < -0.3 is 9.79 Å². The van der Waals surface area contributed by atoms with Crippen LogP contribution in [-0.2, 0) is 4.57 Å². The van der Waals surface area contributed by atoms with Crippen molar-refractivity contribution in [1.82, 2.24) is 0 Å². The van der Waals surface area contributed by atoms with E-state index >= 15 is 0 Å². The van der Waals surface area contributed by atoms with E-state index in [1.165, 1.54) is 0 Å². The summed E-state index contributed by atoms with van der Waals surface area (Å²) in [5.41, 5.74) is 0. The van der Waals surface area contributed by atoms with E-state index in [1.54, 1.807) is 0 Å². The summed E-state index contributed by atoms with van der Waals surface area (Å²) in [6.07, 6.45) is 3.84. The Labute approximate surface area is 85.5 Å². The molecule has 0 saturated heterocycles. The van der Waals surface area contributed by atoms with E-state index in [2.05, 4.69) is 19.6 Å². The monoisotopic (exact) mass is 226 g/mol. The standard InChI is InChI=1S/C8H19O3PS/c1-2-3-4-8(5-6-13)7-12(9,10)11/h8,13H,2-7H2,1H3,(H2,9,10,11). The Morgan fingerprint density at radius 3 is 2.38 bits per heavy atom. The van der Waals surface area contributed by atoms with Crippen LogP contribution in [0.15, 0.2) is 0 Å². The van der Waals surface area contributed by atoms with Crippen LogP contribution in [0.4, 0.5) is 0 Å². The highest BCUT2D eigenvalue weighted by atomic mass is 32.1. The van der Waals surface area contributed by atoms with Gasteiger partial charge in [-0.2, -0.15) is 12.6 Å². The Kier molecular flexibility index (Phi) is 7.15. The van der Waals surface area contributed by atoms with Crippen molar-refractivity contribution < 1.29 is 14.4 Å². The van der Waals surface area contributed by atoms with Crippen molar-refractivity contribution in [1.29, 1.82) is 0 Å². The van der Waals surface area contributed by atoms with Gasteiger partial charge in [0, 0.05) is 0 Å². The molecule has 5 heteroatoms. The lowest BCUT2D eigenvalue weighted by Gasteiger charge is -2.15. The summed E-state index contributed by atoms with van der Waals surface area (Å²) in [7, 11) is -3.83. The van der Waals surface area contributed by atoms with Crippen molar-refractivity contribution in [2.75, 3.05) is 11.9 Å². The molecule has 1 unspecified atom stereocenters. The molecule has 0 aromatic rings. The minimum Gasteiger partial charge on any atom is -0.324 e. The van der Waals surface area contributed by atoms with Gasteiger partial charge in [-0.05, 0) is 24.5 Å². The average molecular weight is 226 g/mol. The molecule has 0 radical (unpaired) electrons. The van der Waals surface area contributed by atoms with Crippen molar-refractivity contribution in [2.45, 2.75) is 32.6 Å². The Bertz CT molecular complexity index is 169. The van der Waals surface area contributed by atoms with E-state index in [9.17, 15) is 4.57 Å². The second-order valence-electron chi connectivity index (χ2n) is 3.37. The highest BCUT2D eigenvalue weighted by Crippen LogP contribution is 2.39. The maximum atomic E-state index is 10.7. The fraction of sp³-hybridized carbons (Fsp3) is 1.00. The molecule has 0 bridgehead atoms. The molecule has 0 aliphatic rings. The van der Waals surface area contributed by atoms with Gasteiger partial charge in [-0.3, -0.25) is 4.57 Å². The number of unbranched alkanes of at least 4 members (excludes halogenated alkanes) is 1. The SMILES string of the molecule is CCCCC(CCS)CP(=O)(O)O. The predicted octanol–water partition coefficient (Wildman–Crippen LogP) is 2.29. The third-order valence-electron chi connectivity index (χ3n) is 2.00. The van der Waals surface area contributed by atoms with E-state index in [0.29, 0.717) is 5.75 Å². The molecule has 1 atom stereocenters. The third-order valence-corrected chi connectivity index (χ3v) is 3.25. The van der Waals surface area contributed by atoms with E-state index in [0.717, 1.165) is 25.7 Å². The lowest BCUT2D eigenvalue weighted by atomic mass is 10.0. The van der Waals surface area contributed by atoms with Crippen LogP contribution in [-0.4, -0.2) is 21.7 Å². The Morgan fingerprint density at radius 2 is 2.00 bits per heavy atom. The van der Waals surface area contributed by atoms with Gasteiger partial charge in [0.2, 0.25) is 0 Å². The minimum absolute atomic E-state index is 0.0214. The van der Waals surface area contributed by atoms with Crippen molar-refractivity contribution >= 4 is 20.2 Å². The van der Waals surface area contributed by atoms with E-state index in [-0.39, 0.29) is 12.1 Å². The molecular formula is C8H19O3PS. The molecule has 0 aliphatic carbocycles. The van der Waals surface area contributed by atoms with Gasteiger partial charge >= 0.3 is 7.60 Å². The number of hydrogen-bond donors (Lipinski definition) is 3. The predicted molar refractivity (Wildman–Crippen MR) is 58.4 cm³/mol. The zero-order chi connectivity index (χ0) is 10.3. The van der Waals surface area contributed by atoms with Crippen molar-refractivity contribution in [3.8, 4) is 0 Å². The number of rotatable bonds is 7. The van der Waals surface area contributed by atoms with Crippen molar-refractivity contribution in [3.05, 3.63) is 0 Å². The number of hydrogen-bond acceptors (Lipinski definition) is 2. The first-order valence-electron chi connectivity index (χ1n) is 4.65. The lowest BCUT2D eigenvalue weighted by Crippen LogP contribution is -2.07. The fourth-order valence-corrected chi connectivity index (χ4v) is 2.74. The van der Waals surface area contributed by atoms with Crippen LogP contribution in [0, 0.1) is 5.92 Å². The van der Waals surface area contributed by atoms with Crippen LogP contribution in [0.2, 0.25) is 0 Å². The third kappa shape index (κ3) is 8.82. The average Bonchev–Trinajstić information content (AvgIpc) is 1.98. The van der Waals surface area contributed by atoms with Crippen molar-refractivity contribution in [2.24, 2.45) is 5.92 Å². The molecule has 0 aromatic heterocycles. The molecule has 0 aromatic carbocycles. The smallest absolute Gasteiger partial charge is 0.324 e. The Hall–Kier alpha value is 0.500. The first-order valence-corrected chi connectivity index (χ1v) is 7.08. The van der Waals surface area contributed by atoms with Crippen molar-refractivity contribution in [3.63, 3.8) is 0 Å². The molecule has 2 N–H and O–H groups in total. The first-order chi connectivity index (χ1) is 5.99. The molecule has 0 saturated carbocycles. The molecule has 3 nitrogen and oxygen atoms in total. The summed E-state index contributed by atoms with van der Waals surface area (Å²) >= 11 is 4.08.